The molecule has 1 aromatic carbocycles. The molecule has 1 amide bonds. The van der Waals surface area contributed by atoms with Crippen LogP contribution in [0.1, 0.15) is 32.4 Å². The topological polar surface area (TPSA) is 255 Å². The number of carbonyl (C=O) groups excluding carboxylic acids is 2. The highest BCUT2D eigenvalue weighted by Gasteiger charge is 2.57. The van der Waals surface area contributed by atoms with Gasteiger partial charge in [-0.1, -0.05) is 17.3 Å². The minimum absolute atomic E-state index is 0.0173. The molecule has 0 bridgehead atoms. The third-order valence-electron chi connectivity index (χ3n) is 8.41. The number of β-lactam (4-membered cyclic amide) rings is 1. The van der Waals surface area contributed by atoms with Gasteiger partial charge in [0, 0.05) is 30.8 Å². The first-order valence-corrected chi connectivity index (χ1v) is 17.9. The number of aliphatic carboxylic acids is 1. The summed E-state index contributed by atoms with van der Waals surface area (Å²) in [7, 11) is -4.99. The second-order valence-corrected chi connectivity index (χ2v) is 14.3. The summed E-state index contributed by atoms with van der Waals surface area (Å²) in [5.74, 6) is -3.21. The fourth-order valence-electron chi connectivity index (χ4n) is 5.46. The highest BCUT2D eigenvalue weighted by atomic mass is 32.3. The zero-order chi connectivity index (χ0) is 36.2. The second kappa shape index (κ2) is 15.2. The molecule has 4 heterocycles. The zero-order valence-corrected chi connectivity index (χ0v) is 28.9. The molecule has 20 heteroatoms. The Labute approximate surface area is 291 Å². The van der Waals surface area contributed by atoms with Gasteiger partial charge in [0.05, 0.1) is 29.8 Å². The number of aryl methyl sites for hydroxylation is 1. The molecule has 2 saturated heterocycles. The molecule has 2 aliphatic heterocycles. The van der Waals surface area contributed by atoms with E-state index in [1.807, 2.05) is 12.1 Å². The SMILES string of the molecule is CC1(C)[C@H](CC(=O)/C(=N\O[C@@H](COc2ccc(-c3cn(CCCN)[n+](CC4CNC4)c3)cc2)C(=O)O)c2csc(N)n2)C(=O)N1OS(=O)(=O)O. The highest BCUT2D eigenvalue weighted by molar-refractivity contribution is 7.80. The number of hydrogen-bond acceptors (Lipinski definition) is 14. The lowest BCUT2D eigenvalue weighted by Gasteiger charge is -2.50. The van der Waals surface area contributed by atoms with Crippen LogP contribution in [0.4, 0.5) is 5.13 Å². The molecular formula is C30H39N8O10S2+. The van der Waals surface area contributed by atoms with Crippen LogP contribution in [-0.2, 0) is 47.0 Å². The van der Waals surface area contributed by atoms with Crippen molar-refractivity contribution in [3.63, 3.8) is 0 Å². The van der Waals surface area contributed by atoms with Crippen LogP contribution in [0.2, 0.25) is 0 Å². The smallest absolute Gasteiger partial charge is 0.418 e. The normalized spacial score (nSPS) is 18.3. The van der Waals surface area contributed by atoms with Crippen molar-refractivity contribution in [3.8, 4) is 16.9 Å². The number of ketones is 1. The van der Waals surface area contributed by atoms with E-state index in [2.05, 4.69) is 41.5 Å². The highest BCUT2D eigenvalue weighted by Crippen LogP contribution is 2.40. The number of thiazole rings is 1. The maximum absolute atomic E-state index is 13.4. The molecule has 0 unspecified atom stereocenters. The van der Waals surface area contributed by atoms with E-state index >= 15 is 0 Å². The van der Waals surface area contributed by atoms with Gasteiger partial charge in [-0.05, 0) is 44.5 Å². The number of amides is 1. The largest absolute Gasteiger partial charge is 0.489 e. The average molecular weight is 736 g/mol. The Morgan fingerprint density at radius 3 is 2.52 bits per heavy atom. The summed E-state index contributed by atoms with van der Waals surface area (Å²) in [5, 5.41) is 18.9. The molecule has 2 aromatic heterocycles. The lowest BCUT2D eigenvalue weighted by molar-refractivity contribution is -0.781. The van der Waals surface area contributed by atoms with E-state index in [1.54, 1.807) is 12.1 Å². The van der Waals surface area contributed by atoms with Crippen molar-refractivity contribution in [2.45, 2.75) is 51.4 Å². The van der Waals surface area contributed by atoms with E-state index in [9.17, 15) is 27.9 Å². The van der Waals surface area contributed by atoms with Gasteiger partial charge < -0.3 is 31.5 Å². The lowest BCUT2D eigenvalue weighted by Crippen LogP contribution is -2.68. The first kappa shape index (κ1) is 36.8. The first-order valence-electron chi connectivity index (χ1n) is 15.6. The van der Waals surface area contributed by atoms with E-state index in [1.165, 1.54) is 19.2 Å². The van der Waals surface area contributed by atoms with Crippen LogP contribution in [0.15, 0.2) is 47.2 Å². The number of ether oxygens (including phenoxy) is 1. The molecule has 18 nitrogen and oxygen atoms in total. The summed E-state index contributed by atoms with van der Waals surface area (Å²) >= 11 is 0.992. The number of nitrogen functional groups attached to an aromatic ring is 1. The van der Waals surface area contributed by atoms with Gasteiger partial charge in [-0.2, -0.15) is 18.2 Å². The van der Waals surface area contributed by atoms with Crippen LogP contribution in [0.5, 0.6) is 5.75 Å². The molecule has 0 spiro atoms. The van der Waals surface area contributed by atoms with E-state index in [0.29, 0.717) is 23.3 Å². The lowest BCUT2D eigenvalue weighted by atomic mass is 9.74. The number of hydrogen-bond donors (Lipinski definition) is 5. The zero-order valence-electron chi connectivity index (χ0n) is 27.3. The summed E-state index contributed by atoms with van der Waals surface area (Å²) in [5.41, 5.74) is 11.7. The number of carbonyl (C=O) groups is 3. The number of hydroxylamine groups is 2. The number of carboxylic acids is 1. The fraction of sp³-hybridized carbons (Fsp3) is 0.467. The molecule has 7 N–H and O–H groups in total. The third-order valence-corrected chi connectivity index (χ3v) is 9.42. The monoisotopic (exact) mass is 735 g/mol. The Balaban J connectivity index is 1.25. The molecule has 3 aromatic rings. The van der Waals surface area contributed by atoms with Gasteiger partial charge in [-0.25, -0.2) is 9.78 Å². The van der Waals surface area contributed by atoms with Crippen LogP contribution < -0.4 is 26.2 Å². The first-order chi connectivity index (χ1) is 23.7. The quantitative estimate of drug-likeness (QED) is 0.0386. The number of oxime groups is 1. The van der Waals surface area contributed by atoms with Gasteiger partial charge in [-0.15, -0.1) is 20.3 Å². The average Bonchev–Trinajstić information content (AvgIpc) is 3.66. The number of nitrogens with one attached hydrogen (secondary N) is 1. The third kappa shape index (κ3) is 8.63. The summed E-state index contributed by atoms with van der Waals surface area (Å²) in [4.78, 5) is 47.4. The molecule has 0 radical (unpaired) electrons. The van der Waals surface area contributed by atoms with E-state index < -0.39 is 64.4 Å². The van der Waals surface area contributed by atoms with Crippen LogP contribution in [0, 0.1) is 11.8 Å². The van der Waals surface area contributed by atoms with Gasteiger partial charge in [0.15, 0.2) is 23.2 Å². The van der Waals surface area contributed by atoms with Gasteiger partial charge in [0.25, 0.3) is 12.0 Å². The predicted octanol–water partition coefficient (Wildman–Crippen LogP) is 0.233. The molecule has 2 aliphatic rings. The Bertz CT molecular complexity index is 1850. The number of nitrogens with zero attached hydrogens (tertiary/aromatic N) is 5. The van der Waals surface area contributed by atoms with Gasteiger partial charge in [-0.3, -0.25) is 14.1 Å². The van der Waals surface area contributed by atoms with Gasteiger partial charge in [0.1, 0.15) is 18.1 Å². The van der Waals surface area contributed by atoms with Crippen LogP contribution >= 0.6 is 11.3 Å². The standard InChI is InChI=1S/C30H38N8O10S2/c1-30(2)22(27(40)38(30)48-50(43,44)45)10-24(39)26(23-17-49-29(32)34-23)35-47-25(28(41)42)16-46-21-6-4-19(5-7-21)20-14-36(9-3-8-31)37(15-20)13-18-11-33-12-18/h4-7,14-15,17-18,22,25,33H,3,8-13,16,31H2,1-2H3,(H3-,32,34,41,42,43,44,45)/p+1/b35-26-/t22-,25+/m1/s1. The summed E-state index contributed by atoms with van der Waals surface area (Å²) in [6.07, 6.45) is 2.87. The maximum Gasteiger partial charge on any atom is 0.418 e. The van der Waals surface area contributed by atoms with Crippen molar-refractivity contribution in [2.24, 2.45) is 22.7 Å². The van der Waals surface area contributed by atoms with E-state index in [4.69, 9.17) is 25.6 Å². The van der Waals surface area contributed by atoms with Crippen LogP contribution in [-0.4, -0.2) is 94.1 Å². The minimum Gasteiger partial charge on any atom is -0.489 e. The van der Waals surface area contributed by atoms with E-state index in [0.717, 1.165) is 55.1 Å². The summed E-state index contributed by atoms with van der Waals surface area (Å²) in [6, 6.07) is 7.12. The Morgan fingerprint density at radius 2 is 1.96 bits per heavy atom. The molecule has 2 atom stereocenters. The van der Waals surface area contributed by atoms with Crippen LogP contribution in [0.3, 0.4) is 0 Å². The van der Waals surface area contributed by atoms with Crippen molar-refractivity contribution < 1.29 is 51.0 Å². The summed E-state index contributed by atoms with van der Waals surface area (Å²) in [6.45, 7) is 6.63. The van der Waals surface area contributed by atoms with Crippen molar-refractivity contribution in [3.05, 3.63) is 47.7 Å². The molecule has 2 fully saturated rings. The Hall–Kier alpha value is -4.47. The number of Topliss-reactive ketones (excluding diaryl/α,β-unsaturated/α-hetero) is 1. The van der Waals surface area contributed by atoms with Gasteiger partial charge >= 0.3 is 16.4 Å². The molecule has 0 aliphatic carbocycles. The number of nitrogens with two attached hydrogens (primary N) is 2. The van der Waals surface area contributed by atoms with Crippen molar-refractivity contribution >= 4 is 50.2 Å². The van der Waals surface area contributed by atoms with Crippen molar-refractivity contribution in [1.82, 2.24) is 20.0 Å². The van der Waals surface area contributed by atoms with Crippen LogP contribution in [0.25, 0.3) is 11.1 Å². The molecule has 5 rings (SSSR count). The predicted molar refractivity (Wildman–Crippen MR) is 178 cm³/mol. The molecular weight excluding hydrogens is 697 g/mol. The molecule has 0 saturated carbocycles. The number of aromatic nitrogens is 3. The molecule has 270 valence electrons. The van der Waals surface area contributed by atoms with E-state index in [-0.39, 0.29) is 10.8 Å². The Kier molecular flexibility index (Phi) is 11.2. The maximum atomic E-state index is 13.4. The fourth-order valence-corrected chi connectivity index (χ4v) is 6.46. The number of rotatable bonds is 18. The Morgan fingerprint density at radius 1 is 1.24 bits per heavy atom. The second-order valence-electron chi connectivity index (χ2n) is 12.4. The molecule has 50 heavy (non-hydrogen) atoms. The van der Waals surface area contributed by atoms with Crippen molar-refractivity contribution in [2.75, 3.05) is 32.0 Å². The number of benzene rings is 1. The number of carboxylic acid groups (broad SMARTS) is 1. The van der Waals surface area contributed by atoms with Crippen molar-refractivity contribution in [1.29, 1.82) is 0 Å². The summed E-state index contributed by atoms with van der Waals surface area (Å²) < 4.78 is 45.7. The minimum atomic E-state index is -4.99. The van der Waals surface area contributed by atoms with Gasteiger partial charge in [0.2, 0.25) is 6.20 Å². The number of anilines is 1.